The highest BCUT2D eigenvalue weighted by atomic mass is 32.1. The smallest absolute Gasteiger partial charge is 0.367 e. The van der Waals surface area contributed by atoms with Crippen molar-refractivity contribution in [3.63, 3.8) is 0 Å². The van der Waals surface area contributed by atoms with Gasteiger partial charge in [-0.05, 0) is 73.9 Å². The second-order valence-corrected chi connectivity index (χ2v) is 11.9. The Morgan fingerprint density at radius 3 is 2.55 bits per heavy atom. The van der Waals surface area contributed by atoms with E-state index < -0.39 is 11.7 Å². The minimum Gasteiger partial charge on any atom is -0.367 e. The molecule has 2 N–H and O–H groups in total. The molecule has 0 aliphatic carbocycles. The number of hydrogen-bond acceptors (Lipinski definition) is 8. The molecule has 0 saturated carbocycles. The lowest BCUT2D eigenvalue weighted by atomic mass is 10.0. The number of rotatable bonds is 8. The van der Waals surface area contributed by atoms with Gasteiger partial charge in [0.25, 0.3) is 0 Å². The van der Waals surface area contributed by atoms with E-state index in [2.05, 4.69) is 36.6 Å². The first kappa shape index (κ1) is 29.5. The van der Waals surface area contributed by atoms with Crippen molar-refractivity contribution in [3.05, 3.63) is 89.2 Å². The molecule has 12 heteroatoms. The second-order valence-electron chi connectivity index (χ2n) is 10.8. The fourth-order valence-corrected chi connectivity index (χ4v) is 6.16. The standard InChI is InChI=1S/C32H30F3N7OS/c1-20-16-25(39-29(17-20)41-28-18-22(10-13-36-28)32(33,34)35)21-6-7-27(37-19-21)38-23-11-14-42(15-12-23)31(43)9-8-30-40-24-4-2-3-5-26(24)44-30/h2-7,10,13,16-19,23H,8-9,11-12,14-15H2,1H3,(H,37,38)(H,36,39,41). The lowest BCUT2D eigenvalue weighted by Crippen LogP contribution is -2.42. The number of alkyl halides is 3. The van der Waals surface area contributed by atoms with Gasteiger partial charge in [-0.1, -0.05) is 12.1 Å². The molecule has 0 unspecified atom stereocenters. The molecular weight excluding hydrogens is 587 g/mol. The van der Waals surface area contributed by atoms with E-state index >= 15 is 0 Å². The lowest BCUT2D eigenvalue weighted by Gasteiger charge is -2.32. The van der Waals surface area contributed by atoms with Gasteiger partial charge in [-0.25, -0.2) is 19.9 Å². The molecule has 0 bridgehead atoms. The number of nitrogens with one attached hydrogen (secondary N) is 2. The number of anilines is 3. The van der Waals surface area contributed by atoms with Crippen LogP contribution in [0.2, 0.25) is 0 Å². The molecule has 5 aromatic rings. The van der Waals surface area contributed by atoms with Crippen molar-refractivity contribution in [2.45, 2.75) is 44.8 Å². The second kappa shape index (κ2) is 12.6. The number of fused-ring (bicyclic) bond motifs is 1. The molecule has 0 atom stereocenters. The Morgan fingerprint density at radius 2 is 1.80 bits per heavy atom. The highest BCUT2D eigenvalue weighted by Gasteiger charge is 2.30. The van der Waals surface area contributed by atoms with Crippen LogP contribution in [-0.4, -0.2) is 49.9 Å². The Bertz CT molecular complexity index is 1730. The first-order chi connectivity index (χ1) is 21.2. The number of nitrogens with zero attached hydrogens (tertiary/aromatic N) is 5. The predicted molar refractivity (Wildman–Crippen MR) is 166 cm³/mol. The van der Waals surface area contributed by atoms with Crippen molar-refractivity contribution >= 4 is 44.9 Å². The third kappa shape index (κ3) is 7.13. The fourth-order valence-electron chi connectivity index (χ4n) is 5.20. The van der Waals surface area contributed by atoms with E-state index in [-0.39, 0.29) is 17.8 Å². The molecule has 1 aliphatic rings. The van der Waals surface area contributed by atoms with Gasteiger partial charge in [0.1, 0.15) is 17.5 Å². The largest absolute Gasteiger partial charge is 0.416 e. The third-order valence-corrected chi connectivity index (χ3v) is 8.56. The summed E-state index contributed by atoms with van der Waals surface area (Å²) in [6.07, 6.45) is 1.15. The number of hydrogen-bond donors (Lipinski definition) is 2. The fraction of sp³-hybridized carbons (Fsp3) is 0.281. The molecule has 0 spiro atoms. The van der Waals surface area contributed by atoms with Crippen molar-refractivity contribution in [1.29, 1.82) is 0 Å². The highest BCUT2D eigenvalue weighted by Crippen LogP contribution is 2.31. The van der Waals surface area contributed by atoms with Gasteiger partial charge in [0.05, 0.1) is 26.5 Å². The van der Waals surface area contributed by atoms with Gasteiger partial charge in [-0.2, -0.15) is 13.2 Å². The molecule has 1 saturated heterocycles. The Hall–Kier alpha value is -4.58. The minimum atomic E-state index is -4.46. The first-order valence-corrected chi connectivity index (χ1v) is 15.2. The van der Waals surface area contributed by atoms with Crippen LogP contribution in [0.1, 0.15) is 35.4 Å². The van der Waals surface area contributed by atoms with E-state index in [0.717, 1.165) is 63.3 Å². The SMILES string of the molecule is Cc1cc(Nc2cc(C(F)(F)F)ccn2)nc(-c2ccc(NC3CCN(C(=O)CCc4nc5ccccc5s4)CC3)nc2)c1. The van der Waals surface area contributed by atoms with Gasteiger partial charge < -0.3 is 15.5 Å². The van der Waals surface area contributed by atoms with E-state index in [1.54, 1.807) is 23.6 Å². The molecule has 1 aromatic carbocycles. The van der Waals surface area contributed by atoms with Crippen LogP contribution < -0.4 is 10.6 Å². The summed E-state index contributed by atoms with van der Waals surface area (Å²) in [5.41, 5.74) is 2.49. The van der Waals surface area contributed by atoms with E-state index in [4.69, 9.17) is 0 Å². The summed E-state index contributed by atoms with van der Waals surface area (Å²) in [5.74, 6) is 1.33. The predicted octanol–water partition coefficient (Wildman–Crippen LogP) is 7.25. The van der Waals surface area contributed by atoms with Crippen molar-refractivity contribution in [2.75, 3.05) is 23.7 Å². The molecule has 226 valence electrons. The quantitative estimate of drug-likeness (QED) is 0.189. The van der Waals surface area contributed by atoms with E-state index in [0.29, 0.717) is 37.4 Å². The van der Waals surface area contributed by atoms with E-state index in [1.807, 2.05) is 48.2 Å². The summed E-state index contributed by atoms with van der Waals surface area (Å²) < 4.78 is 40.4. The minimum absolute atomic E-state index is 0.0579. The maximum absolute atomic E-state index is 13.1. The normalized spacial score (nSPS) is 14.1. The van der Waals surface area contributed by atoms with Crippen molar-refractivity contribution in [3.8, 4) is 11.3 Å². The number of aryl methyl sites for hydroxylation is 2. The molecule has 5 heterocycles. The first-order valence-electron chi connectivity index (χ1n) is 14.3. The Kier molecular flexibility index (Phi) is 8.42. The van der Waals surface area contributed by atoms with Crippen LogP contribution in [0.3, 0.4) is 0 Å². The zero-order chi connectivity index (χ0) is 30.7. The summed E-state index contributed by atoms with van der Waals surface area (Å²) >= 11 is 1.65. The van der Waals surface area contributed by atoms with Crippen LogP contribution in [-0.2, 0) is 17.4 Å². The number of carbonyl (C=O) groups is 1. The van der Waals surface area contributed by atoms with E-state index in [1.165, 1.54) is 0 Å². The van der Waals surface area contributed by atoms with E-state index in [9.17, 15) is 18.0 Å². The van der Waals surface area contributed by atoms with Crippen LogP contribution >= 0.6 is 11.3 Å². The summed E-state index contributed by atoms with van der Waals surface area (Å²) in [6.45, 7) is 3.27. The van der Waals surface area contributed by atoms with Crippen molar-refractivity contribution in [2.24, 2.45) is 0 Å². The zero-order valence-corrected chi connectivity index (χ0v) is 24.8. The van der Waals surface area contributed by atoms with Gasteiger partial charge in [0.15, 0.2) is 0 Å². The van der Waals surface area contributed by atoms with Gasteiger partial charge in [0.2, 0.25) is 5.91 Å². The highest BCUT2D eigenvalue weighted by molar-refractivity contribution is 7.18. The summed E-state index contributed by atoms with van der Waals surface area (Å²) in [6, 6.07) is 17.5. The molecule has 1 aliphatic heterocycles. The van der Waals surface area contributed by atoms with Gasteiger partial charge in [-0.15, -0.1) is 11.3 Å². The number of likely N-dealkylation sites (tertiary alicyclic amines) is 1. The lowest BCUT2D eigenvalue weighted by molar-refractivity contribution is -0.137. The Labute approximate surface area is 256 Å². The van der Waals surface area contributed by atoms with Crippen LogP contribution in [0.5, 0.6) is 0 Å². The monoisotopic (exact) mass is 617 g/mol. The number of aromatic nitrogens is 4. The number of para-hydroxylation sites is 1. The van der Waals surface area contributed by atoms with Gasteiger partial charge >= 0.3 is 6.18 Å². The van der Waals surface area contributed by atoms with Crippen LogP contribution in [0.25, 0.3) is 21.5 Å². The van der Waals surface area contributed by atoms with Crippen LogP contribution in [0, 0.1) is 6.92 Å². The summed E-state index contributed by atoms with van der Waals surface area (Å²) in [5, 5.41) is 7.35. The topological polar surface area (TPSA) is 95.9 Å². The average Bonchev–Trinajstić information content (AvgIpc) is 3.43. The summed E-state index contributed by atoms with van der Waals surface area (Å²) in [7, 11) is 0. The molecule has 6 rings (SSSR count). The maximum Gasteiger partial charge on any atom is 0.416 e. The number of halogens is 3. The maximum atomic E-state index is 13.1. The molecule has 0 radical (unpaired) electrons. The molecule has 8 nitrogen and oxygen atoms in total. The zero-order valence-electron chi connectivity index (χ0n) is 23.9. The number of piperidine rings is 1. The van der Waals surface area contributed by atoms with Crippen LogP contribution in [0.15, 0.2) is 73.1 Å². The number of amides is 1. The number of carbonyl (C=O) groups excluding carboxylic acids is 1. The number of benzene rings is 1. The Morgan fingerprint density at radius 1 is 0.977 bits per heavy atom. The van der Waals surface area contributed by atoms with Crippen molar-refractivity contribution < 1.29 is 18.0 Å². The molecule has 1 fully saturated rings. The van der Waals surface area contributed by atoms with Crippen molar-refractivity contribution in [1.82, 2.24) is 24.8 Å². The van der Waals surface area contributed by atoms with Crippen LogP contribution in [0.4, 0.5) is 30.6 Å². The average molecular weight is 618 g/mol. The summed E-state index contributed by atoms with van der Waals surface area (Å²) in [4.78, 5) is 32.6. The molecule has 1 amide bonds. The number of thiazole rings is 1. The molecule has 4 aromatic heterocycles. The third-order valence-electron chi connectivity index (χ3n) is 7.46. The van der Waals surface area contributed by atoms with Gasteiger partial charge in [-0.3, -0.25) is 4.79 Å². The number of pyridine rings is 3. The molecular formula is C32H30F3N7OS. The molecule has 44 heavy (non-hydrogen) atoms. The Balaban J connectivity index is 1.01. The van der Waals surface area contributed by atoms with Gasteiger partial charge in [0, 0.05) is 49.9 Å².